The SMILES string of the molecule is CC(CC(=O)NCC(C)N1CCc2ccccc2C1)C1CCCNC1. The molecule has 0 aliphatic carbocycles. The molecule has 3 rings (SSSR count). The second kappa shape index (κ2) is 8.81. The lowest BCUT2D eigenvalue weighted by Crippen LogP contribution is -2.44. The molecule has 0 spiro atoms. The number of nitrogens with one attached hydrogen (secondary N) is 2. The molecule has 1 aromatic carbocycles. The molecule has 1 fully saturated rings. The minimum absolute atomic E-state index is 0.210. The monoisotopic (exact) mass is 343 g/mol. The Bertz CT molecular complexity index is 568. The van der Waals surface area contributed by atoms with Crippen molar-refractivity contribution < 1.29 is 4.79 Å². The van der Waals surface area contributed by atoms with Crippen LogP contribution in [0.1, 0.15) is 44.2 Å². The third-order valence-electron chi connectivity index (χ3n) is 6.03. The van der Waals surface area contributed by atoms with Crippen LogP contribution in [0.4, 0.5) is 0 Å². The molecule has 0 aromatic heterocycles. The molecular weight excluding hydrogens is 310 g/mol. The normalized spacial score (nSPS) is 23.5. The summed E-state index contributed by atoms with van der Waals surface area (Å²) >= 11 is 0. The van der Waals surface area contributed by atoms with E-state index in [4.69, 9.17) is 0 Å². The number of hydrogen-bond donors (Lipinski definition) is 2. The van der Waals surface area contributed by atoms with Crippen molar-refractivity contribution in [1.29, 1.82) is 0 Å². The zero-order valence-electron chi connectivity index (χ0n) is 15.8. The Morgan fingerprint density at radius 3 is 2.88 bits per heavy atom. The molecule has 2 heterocycles. The molecule has 0 bridgehead atoms. The number of carbonyl (C=O) groups excluding carboxylic acids is 1. The summed E-state index contributed by atoms with van der Waals surface area (Å²) in [5.41, 5.74) is 2.91. The molecule has 4 heteroatoms. The molecular formula is C21H33N3O. The topological polar surface area (TPSA) is 44.4 Å². The quantitative estimate of drug-likeness (QED) is 0.834. The summed E-state index contributed by atoms with van der Waals surface area (Å²) < 4.78 is 0. The van der Waals surface area contributed by atoms with Crippen molar-refractivity contribution in [2.75, 3.05) is 26.2 Å². The van der Waals surface area contributed by atoms with Crippen molar-refractivity contribution in [3.8, 4) is 0 Å². The van der Waals surface area contributed by atoms with Crippen molar-refractivity contribution in [3.05, 3.63) is 35.4 Å². The fourth-order valence-electron chi connectivity index (χ4n) is 4.18. The van der Waals surface area contributed by atoms with Crippen LogP contribution in [0.3, 0.4) is 0 Å². The van der Waals surface area contributed by atoms with Gasteiger partial charge < -0.3 is 10.6 Å². The van der Waals surface area contributed by atoms with Crippen molar-refractivity contribution in [1.82, 2.24) is 15.5 Å². The van der Waals surface area contributed by atoms with E-state index >= 15 is 0 Å². The first kappa shape index (κ1) is 18.4. The third-order valence-corrected chi connectivity index (χ3v) is 6.03. The van der Waals surface area contributed by atoms with Gasteiger partial charge in [-0.1, -0.05) is 31.2 Å². The smallest absolute Gasteiger partial charge is 0.220 e. The number of nitrogens with zero attached hydrogens (tertiary/aromatic N) is 1. The van der Waals surface area contributed by atoms with Crippen LogP contribution in [-0.2, 0) is 17.8 Å². The Hall–Kier alpha value is -1.39. The van der Waals surface area contributed by atoms with Crippen LogP contribution >= 0.6 is 0 Å². The van der Waals surface area contributed by atoms with Gasteiger partial charge in [-0.05, 0) is 62.2 Å². The van der Waals surface area contributed by atoms with Gasteiger partial charge in [0.1, 0.15) is 0 Å². The lowest BCUT2D eigenvalue weighted by atomic mass is 9.85. The highest BCUT2D eigenvalue weighted by atomic mass is 16.1. The molecule has 2 aliphatic heterocycles. The molecule has 1 amide bonds. The van der Waals surface area contributed by atoms with Gasteiger partial charge in [-0.2, -0.15) is 0 Å². The highest BCUT2D eigenvalue weighted by Gasteiger charge is 2.23. The van der Waals surface area contributed by atoms with Gasteiger partial charge in [0.15, 0.2) is 0 Å². The van der Waals surface area contributed by atoms with E-state index < -0.39 is 0 Å². The lowest BCUT2D eigenvalue weighted by Gasteiger charge is -2.34. The molecule has 2 N–H and O–H groups in total. The zero-order valence-corrected chi connectivity index (χ0v) is 15.8. The van der Waals surface area contributed by atoms with E-state index in [0.717, 1.165) is 39.1 Å². The number of piperidine rings is 1. The summed E-state index contributed by atoms with van der Waals surface area (Å²) in [5.74, 6) is 1.32. The second-order valence-electron chi connectivity index (χ2n) is 7.93. The molecule has 4 nitrogen and oxygen atoms in total. The van der Waals surface area contributed by atoms with E-state index in [-0.39, 0.29) is 5.91 Å². The van der Waals surface area contributed by atoms with E-state index in [1.807, 2.05) is 0 Å². The van der Waals surface area contributed by atoms with Gasteiger partial charge in [-0.25, -0.2) is 0 Å². The summed E-state index contributed by atoms with van der Waals surface area (Å²) in [6.45, 7) is 9.47. The van der Waals surface area contributed by atoms with Gasteiger partial charge in [0.25, 0.3) is 0 Å². The van der Waals surface area contributed by atoms with E-state index in [0.29, 0.717) is 24.3 Å². The Labute approximate surface area is 152 Å². The van der Waals surface area contributed by atoms with E-state index in [2.05, 4.69) is 53.6 Å². The van der Waals surface area contributed by atoms with E-state index in [9.17, 15) is 4.79 Å². The lowest BCUT2D eigenvalue weighted by molar-refractivity contribution is -0.122. The molecule has 3 atom stereocenters. The Balaban J connectivity index is 1.41. The van der Waals surface area contributed by atoms with Crippen molar-refractivity contribution in [3.63, 3.8) is 0 Å². The first-order valence-electron chi connectivity index (χ1n) is 9.91. The Kier molecular flexibility index (Phi) is 6.49. The first-order chi connectivity index (χ1) is 12.1. The van der Waals surface area contributed by atoms with Gasteiger partial charge in [0.05, 0.1) is 0 Å². The van der Waals surface area contributed by atoms with Crippen LogP contribution in [0.25, 0.3) is 0 Å². The highest BCUT2D eigenvalue weighted by molar-refractivity contribution is 5.76. The average Bonchev–Trinajstić information content (AvgIpc) is 2.66. The third kappa shape index (κ3) is 5.05. The maximum Gasteiger partial charge on any atom is 0.220 e. The maximum absolute atomic E-state index is 12.3. The predicted molar refractivity (Wildman–Crippen MR) is 102 cm³/mol. The Morgan fingerprint density at radius 2 is 2.12 bits per heavy atom. The highest BCUT2D eigenvalue weighted by Crippen LogP contribution is 2.23. The minimum atomic E-state index is 0.210. The van der Waals surface area contributed by atoms with Gasteiger partial charge in [0, 0.05) is 32.1 Å². The van der Waals surface area contributed by atoms with E-state index in [1.54, 1.807) is 0 Å². The first-order valence-corrected chi connectivity index (χ1v) is 9.91. The molecule has 138 valence electrons. The molecule has 2 aliphatic rings. The molecule has 25 heavy (non-hydrogen) atoms. The Morgan fingerprint density at radius 1 is 1.32 bits per heavy atom. The van der Waals surface area contributed by atoms with Gasteiger partial charge in [-0.15, -0.1) is 0 Å². The summed E-state index contributed by atoms with van der Waals surface area (Å²) in [6, 6.07) is 9.09. The van der Waals surface area contributed by atoms with Gasteiger partial charge in [-0.3, -0.25) is 9.69 Å². The van der Waals surface area contributed by atoms with Crippen molar-refractivity contribution >= 4 is 5.91 Å². The van der Waals surface area contributed by atoms with Crippen LogP contribution in [-0.4, -0.2) is 43.0 Å². The number of amides is 1. The summed E-state index contributed by atoms with van der Waals surface area (Å²) in [5, 5.41) is 6.62. The number of hydrogen-bond acceptors (Lipinski definition) is 3. The maximum atomic E-state index is 12.3. The minimum Gasteiger partial charge on any atom is -0.355 e. The number of fused-ring (bicyclic) bond motifs is 1. The summed E-state index contributed by atoms with van der Waals surface area (Å²) in [6.07, 6.45) is 4.26. The zero-order chi connectivity index (χ0) is 17.6. The molecule has 0 saturated carbocycles. The summed E-state index contributed by atoms with van der Waals surface area (Å²) in [7, 11) is 0. The van der Waals surface area contributed by atoms with E-state index in [1.165, 1.54) is 24.0 Å². The molecule has 1 saturated heterocycles. The summed E-state index contributed by atoms with van der Waals surface area (Å²) in [4.78, 5) is 14.8. The van der Waals surface area contributed by atoms with Crippen LogP contribution in [0.2, 0.25) is 0 Å². The van der Waals surface area contributed by atoms with Crippen LogP contribution < -0.4 is 10.6 Å². The standard InChI is InChI=1S/C21H33N3O/c1-16(19-8-5-10-22-14-19)12-21(25)23-13-17(2)24-11-9-18-6-3-4-7-20(18)15-24/h3-4,6-7,16-17,19,22H,5,8-15H2,1-2H3,(H,23,25). The fraction of sp³-hybridized carbons (Fsp3) is 0.667. The van der Waals surface area contributed by atoms with Gasteiger partial charge in [0.2, 0.25) is 5.91 Å². The predicted octanol–water partition coefficient (Wildman–Crippen LogP) is 2.58. The largest absolute Gasteiger partial charge is 0.355 e. The fourth-order valence-corrected chi connectivity index (χ4v) is 4.18. The van der Waals surface area contributed by atoms with Crippen molar-refractivity contribution in [2.45, 2.75) is 52.1 Å². The molecule has 3 unspecified atom stereocenters. The van der Waals surface area contributed by atoms with Crippen molar-refractivity contribution in [2.24, 2.45) is 11.8 Å². The molecule has 0 radical (unpaired) electrons. The van der Waals surface area contributed by atoms with Crippen LogP contribution in [0.5, 0.6) is 0 Å². The van der Waals surface area contributed by atoms with Crippen LogP contribution in [0.15, 0.2) is 24.3 Å². The average molecular weight is 344 g/mol. The number of benzene rings is 1. The second-order valence-corrected chi connectivity index (χ2v) is 7.93. The van der Waals surface area contributed by atoms with Gasteiger partial charge >= 0.3 is 0 Å². The number of rotatable bonds is 6. The number of carbonyl (C=O) groups is 1. The van der Waals surface area contributed by atoms with Crippen LogP contribution in [0, 0.1) is 11.8 Å². The molecule has 1 aromatic rings.